The number of nitrogens with zero attached hydrogens (tertiary/aromatic N) is 1. The van der Waals surface area contributed by atoms with Gasteiger partial charge in [-0.3, -0.25) is 14.5 Å². The molecule has 28 heavy (non-hydrogen) atoms. The van der Waals surface area contributed by atoms with Crippen molar-refractivity contribution in [1.82, 2.24) is 4.90 Å². The topological polar surface area (TPSA) is 49.4 Å². The first-order valence-corrected chi connectivity index (χ1v) is 10.9. The Kier molecular flexibility index (Phi) is 7.29. The first kappa shape index (κ1) is 21.0. The predicted octanol–water partition coefficient (Wildman–Crippen LogP) is 5.72. The van der Waals surface area contributed by atoms with Gasteiger partial charge in [0.15, 0.2) is 0 Å². The molecule has 2 aromatic carbocycles. The van der Waals surface area contributed by atoms with Crippen LogP contribution in [0.5, 0.6) is 0 Å². The molecule has 8 heteroatoms. The molecule has 1 N–H and O–H groups in total. The summed E-state index contributed by atoms with van der Waals surface area (Å²) in [6.07, 6.45) is 2.56. The Hall–Kier alpha value is -1.67. The van der Waals surface area contributed by atoms with Gasteiger partial charge in [0, 0.05) is 22.5 Å². The van der Waals surface area contributed by atoms with E-state index in [1.807, 2.05) is 42.5 Å². The quantitative estimate of drug-likeness (QED) is 0.411. The lowest BCUT2D eigenvalue weighted by Gasteiger charge is -2.14. The minimum absolute atomic E-state index is 0.107. The molecule has 1 saturated heterocycles. The maximum atomic E-state index is 12.6. The molecular weight excluding hydrogens is 480 g/mol. The average Bonchev–Trinajstić information content (AvgIpc) is 2.93. The van der Waals surface area contributed by atoms with E-state index in [0.29, 0.717) is 33.6 Å². The van der Waals surface area contributed by atoms with Crippen molar-refractivity contribution >= 4 is 79.4 Å². The van der Waals surface area contributed by atoms with Crippen molar-refractivity contribution in [3.8, 4) is 0 Å². The van der Waals surface area contributed by atoms with Crippen molar-refractivity contribution < 1.29 is 9.59 Å². The number of hydrogen-bond donors (Lipinski definition) is 1. The molecule has 1 aliphatic heterocycles. The minimum atomic E-state index is -0.152. The molecular formula is C20H16BrClN2O2S2. The summed E-state index contributed by atoms with van der Waals surface area (Å²) in [5, 5.41) is 3.43. The first-order valence-electron chi connectivity index (χ1n) is 8.50. The fourth-order valence-electron chi connectivity index (χ4n) is 2.60. The second kappa shape index (κ2) is 9.69. The van der Waals surface area contributed by atoms with Crippen LogP contribution in [0.15, 0.2) is 57.9 Å². The number of benzene rings is 2. The lowest BCUT2D eigenvalue weighted by molar-refractivity contribution is -0.122. The Morgan fingerprint density at radius 2 is 1.93 bits per heavy atom. The van der Waals surface area contributed by atoms with Crippen LogP contribution in [0.1, 0.15) is 18.4 Å². The minimum Gasteiger partial charge on any atom is -0.325 e. The Bertz CT molecular complexity index is 965. The largest absolute Gasteiger partial charge is 0.325 e. The molecule has 0 aromatic heterocycles. The van der Waals surface area contributed by atoms with Crippen LogP contribution in [0.4, 0.5) is 5.69 Å². The standard InChI is InChI=1S/C20H16BrClN2O2S2/c21-14-7-2-4-9-16(14)23-18(25)10-5-11-24-19(26)17(28-20(24)27)12-13-6-1-3-8-15(13)22/h1-4,6-9,12H,5,10-11H2,(H,23,25)/b17-12+. The summed E-state index contributed by atoms with van der Waals surface area (Å²) < 4.78 is 1.32. The molecule has 144 valence electrons. The van der Waals surface area contributed by atoms with Crippen molar-refractivity contribution in [2.75, 3.05) is 11.9 Å². The molecule has 1 heterocycles. The van der Waals surface area contributed by atoms with Crippen molar-refractivity contribution in [1.29, 1.82) is 0 Å². The zero-order chi connectivity index (χ0) is 20.1. The molecule has 1 aliphatic rings. The number of thiocarbonyl (C=S) groups is 1. The van der Waals surface area contributed by atoms with E-state index >= 15 is 0 Å². The lowest BCUT2D eigenvalue weighted by atomic mass is 10.2. The highest BCUT2D eigenvalue weighted by atomic mass is 79.9. The predicted molar refractivity (Wildman–Crippen MR) is 123 cm³/mol. The van der Waals surface area contributed by atoms with Crippen LogP contribution >= 0.6 is 51.5 Å². The van der Waals surface area contributed by atoms with Gasteiger partial charge in [-0.1, -0.05) is 65.9 Å². The molecule has 0 aliphatic carbocycles. The van der Waals surface area contributed by atoms with Gasteiger partial charge < -0.3 is 5.32 Å². The monoisotopic (exact) mass is 494 g/mol. The molecule has 0 radical (unpaired) electrons. The summed E-state index contributed by atoms with van der Waals surface area (Å²) in [6, 6.07) is 14.7. The van der Waals surface area contributed by atoms with Crippen LogP contribution in [0.3, 0.4) is 0 Å². The van der Waals surface area contributed by atoms with E-state index in [-0.39, 0.29) is 11.8 Å². The van der Waals surface area contributed by atoms with E-state index < -0.39 is 0 Å². The number of rotatable bonds is 6. The smallest absolute Gasteiger partial charge is 0.266 e. The Labute approximate surface area is 186 Å². The normalized spacial score (nSPS) is 15.4. The SMILES string of the molecule is O=C(CCCN1C(=O)/C(=C\c2ccccc2Cl)SC1=S)Nc1ccccc1Br. The molecule has 4 nitrogen and oxygen atoms in total. The third-order valence-corrected chi connectivity index (χ3v) is 6.41. The highest BCUT2D eigenvalue weighted by Crippen LogP contribution is 2.33. The number of thioether (sulfide) groups is 1. The van der Waals surface area contributed by atoms with Crippen LogP contribution in [0, 0.1) is 0 Å². The summed E-state index contributed by atoms with van der Waals surface area (Å²) >= 11 is 16.1. The number of anilines is 1. The number of carbonyl (C=O) groups excluding carboxylic acids is 2. The molecule has 2 amide bonds. The van der Waals surface area contributed by atoms with Crippen LogP contribution in [-0.4, -0.2) is 27.6 Å². The van der Waals surface area contributed by atoms with Crippen molar-refractivity contribution in [2.24, 2.45) is 0 Å². The number of halogens is 2. The van der Waals surface area contributed by atoms with Crippen LogP contribution in [0.25, 0.3) is 6.08 Å². The Balaban J connectivity index is 1.56. The molecule has 1 fully saturated rings. The highest BCUT2D eigenvalue weighted by molar-refractivity contribution is 9.10. The summed E-state index contributed by atoms with van der Waals surface area (Å²) in [5.41, 5.74) is 1.50. The van der Waals surface area contributed by atoms with Gasteiger partial charge in [-0.25, -0.2) is 0 Å². The second-order valence-electron chi connectivity index (χ2n) is 5.99. The van der Waals surface area contributed by atoms with E-state index in [4.69, 9.17) is 23.8 Å². The molecule has 0 spiro atoms. The van der Waals surface area contributed by atoms with Crippen LogP contribution in [0.2, 0.25) is 5.02 Å². The van der Waals surface area contributed by atoms with E-state index in [1.54, 1.807) is 12.1 Å². The maximum absolute atomic E-state index is 12.6. The molecule has 0 saturated carbocycles. The Morgan fingerprint density at radius 3 is 2.68 bits per heavy atom. The zero-order valence-electron chi connectivity index (χ0n) is 14.7. The maximum Gasteiger partial charge on any atom is 0.266 e. The average molecular weight is 496 g/mol. The third kappa shape index (κ3) is 5.23. The van der Waals surface area contributed by atoms with Gasteiger partial charge in [0.2, 0.25) is 5.91 Å². The number of nitrogens with one attached hydrogen (secondary N) is 1. The zero-order valence-corrected chi connectivity index (χ0v) is 18.6. The molecule has 3 rings (SSSR count). The van der Waals surface area contributed by atoms with Crippen molar-refractivity contribution in [3.05, 3.63) is 68.5 Å². The lowest BCUT2D eigenvalue weighted by Crippen LogP contribution is -2.29. The molecule has 0 unspecified atom stereocenters. The molecule has 2 aromatic rings. The fraction of sp³-hybridized carbons (Fsp3) is 0.150. The number of para-hydroxylation sites is 1. The van der Waals surface area contributed by atoms with E-state index in [0.717, 1.165) is 15.7 Å². The summed E-state index contributed by atoms with van der Waals surface area (Å²) in [7, 11) is 0. The third-order valence-electron chi connectivity index (χ3n) is 4.00. The van der Waals surface area contributed by atoms with E-state index in [1.165, 1.54) is 16.7 Å². The van der Waals surface area contributed by atoms with Crippen molar-refractivity contribution in [3.63, 3.8) is 0 Å². The molecule has 0 atom stereocenters. The van der Waals surface area contributed by atoms with Gasteiger partial charge >= 0.3 is 0 Å². The van der Waals surface area contributed by atoms with Crippen LogP contribution < -0.4 is 5.32 Å². The Morgan fingerprint density at radius 1 is 1.21 bits per heavy atom. The van der Waals surface area contributed by atoms with Gasteiger partial charge in [0.1, 0.15) is 4.32 Å². The first-order chi connectivity index (χ1) is 13.5. The number of amides is 2. The van der Waals surface area contributed by atoms with Gasteiger partial charge in [-0.2, -0.15) is 0 Å². The van der Waals surface area contributed by atoms with Gasteiger partial charge in [-0.05, 0) is 52.2 Å². The van der Waals surface area contributed by atoms with Gasteiger partial charge in [0.25, 0.3) is 5.91 Å². The number of carbonyl (C=O) groups is 2. The fourth-order valence-corrected chi connectivity index (χ4v) is 4.47. The van der Waals surface area contributed by atoms with E-state index in [2.05, 4.69) is 21.2 Å². The summed E-state index contributed by atoms with van der Waals surface area (Å²) in [6.45, 7) is 0.397. The van der Waals surface area contributed by atoms with E-state index in [9.17, 15) is 9.59 Å². The summed E-state index contributed by atoms with van der Waals surface area (Å²) in [4.78, 5) is 26.9. The highest BCUT2D eigenvalue weighted by Gasteiger charge is 2.31. The summed E-state index contributed by atoms with van der Waals surface area (Å²) in [5.74, 6) is -0.259. The van der Waals surface area contributed by atoms with Crippen LogP contribution in [-0.2, 0) is 9.59 Å². The molecule has 0 bridgehead atoms. The van der Waals surface area contributed by atoms with Gasteiger partial charge in [0.05, 0.1) is 10.6 Å². The number of hydrogen-bond acceptors (Lipinski definition) is 4. The second-order valence-corrected chi connectivity index (χ2v) is 8.92. The van der Waals surface area contributed by atoms with Gasteiger partial charge in [-0.15, -0.1) is 0 Å². The van der Waals surface area contributed by atoms with Crippen molar-refractivity contribution in [2.45, 2.75) is 12.8 Å².